The van der Waals surface area contributed by atoms with Gasteiger partial charge in [0, 0.05) is 29.5 Å². The van der Waals surface area contributed by atoms with Crippen molar-refractivity contribution in [2.24, 2.45) is 17.8 Å². The van der Waals surface area contributed by atoms with Crippen LogP contribution in [0.25, 0.3) is 0 Å². The molecule has 2 heterocycles. The highest BCUT2D eigenvalue weighted by Crippen LogP contribution is 2.28. The average Bonchev–Trinajstić information content (AvgIpc) is 3.14. The van der Waals surface area contributed by atoms with Crippen LogP contribution in [0.2, 0.25) is 0 Å². The molecular formula is C19H31NO2S. The van der Waals surface area contributed by atoms with Crippen molar-refractivity contribution < 1.29 is 9.59 Å². The SMILES string of the molecule is CC(=O)C1CC(=O)N(CC2=CCCS2)C1.CC1CCC(C)CC1. The van der Waals surface area contributed by atoms with Gasteiger partial charge in [-0.05, 0) is 25.2 Å². The van der Waals surface area contributed by atoms with Crippen molar-refractivity contribution in [3.8, 4) is 0 Å². The first-order chi connectivity index (χ1) is 11.0. The molecule has 2 aliphatic heterocycles. The highest BCUT2D eigenvalue weighted by atomic mass is 32.2. The summed E-state index contributed by atoms with van der Waals surface area (Å²) in [5.41, 5.74) is 0. The number of allylic oxidation sites excluding steroid dienone is 1. The van der Waals surface area contributed by atoms with Crippen molar-refractivity contribution in [2.75, 3.05) is 18.8 Å². The molecule has 3 nitrogen and oxygen atoms in total. The monoisotopic (exact) mass is 337 g/mol. The van der Waals surface area contributed by atoms with E-state index in [0.29, 0.717) is 19.5 Å². The van der Waals surface area contributed by atoms with Crippen molar-refractivity contribution in [2.45, 2.75) is 59.3 Å². The van der Waals surface area contributed by atoms with Gasteiger partial charge in [-0.2, -0.15) is 0 Å². The van der Waals surface area contributed by atoms with Gasteiger partial charge < -0.3 is 4.90 Å². The van der Waals surface area contributed by atoms with Crippen LogP contribution in [0.1, 0.15) is 59.3 Å². The molecule has 1 amide bonds. The third-order valence-corrected chi connectivity index (χ3v) is 6.32. The summed E-state index contributed by atoms with van der Waals surface area (Å²) in [6.45, 7) is 7.64. The minimum absolute atomic E-state index is 0.0653. The van der Waals surface area contributed by atoms with Crippen LogP contribution in [0, 0.1) is 17.8 Å². The second-order valence-electron chi connectivity index (χ2n) is 7.46. The zero-order valence-corrected chi connectivity index (χ0v) is 15.7. The minimum Gasteiger partial charge on any atom is -0.337 e. The smallest absolute Gasteiger partial charge is 0.223 e. The molecule has 1 unspecified atom stereocenters. The number of Topliss-reactive ketones (excluding diaryl/α,β-unsaturated/α-hetero) is 1. The van der Waals surface area contributed by atoms with Gasteiger partial charge >= 0.3 is 0 Å². The summed E-state index contributed by atoms with van der Waals surface area (Å²) >= 11 is 1.82. The zero-order valence-electron chi connectivity index (χ0n) is 14.8. The van der Waals surface area contributed by atoms with Crippen LogP contribution in [0.5, 0.6) is 0 Å². The van der Waals surface area contributed by atoms with E-state index >= 15 is 0 Å². The molecule has 0 aromatic rings. The largest absolute Gasteiger partial charge is 0.337 e. The Morgan fingerprint density at radius 3 is 2.26 bits per heavy atom. The zero-order chi connectivity index (χ0) is 16.8. The average molecular weight is 338 g/mol. The van der Waals surface area contributed by atoms with Crippen molar-refractivity contribution >= 4 is 23.5 Å². The number of thioether (sulfide) groups is 1. The molecule has 130 valence electrons. The minimum atomic E-state index is -0.0653. The fourth-order valence-corrected chi connectivity index (χ4v) is 4.37. The predicted octanol–water partition coefficient (Wildman–Crippen LogP) is 4.28. The third kappa shape index (κ3) is 5.98. The number of hydrogen-bond donors (Lipinski definition) is 0. The number of ketones is 1. The van der Waals surface area contributed by atoms with Crippen molar-refractivity contribution in [3.63, 3.8) is 0 Å². The van der Waals surface area contributed by atoms with Crippen LogP contribution in [-0.2, 0) is 9.59 Å². The van der Waals surface area contributed by atoms with E-state index in [2.05, 4.69) is 19.9 Å². The summed E-state index contributed by atoms with van der Waals surface area (Å²) in [5, 5.41) is 0. The summed E-state index contributed by atoms with van der Waals surface area (Å²) < 4.78 is 0. The molecule has 23 heavy (non-hydrogen) atoms. The molecule has 0 bridgehead atoms. The van der Waals surface area contributed by atoms with Gasteiger partial charge in [-0.1, -0.05) is 45.6 Å². The highest BCUT2D eigenvalue weighted by molar-refractivity contribution is 8.03. The summed E-state index contributed by atoms with van der Waals surface area (Å²) in [7, 11) is 0. The Morgan fingerprint density at radius 2 is 1.83 bits per heavy atom. The fraction of sp³-hybridized carbons (Fsp3) is 0.789. The first-order valence-corrected chi connectivity index (χ1v) is 10.0. The maximum absolute atomic E-state index is 11.6. The lowest BCUT2D eigenvalue weighted by molar-refractivity contribution is -0.128. The van der Waals surface area contributed by atoms with E-state index in [0.717, 1.165) is 24.0 Å². The normalized spacial score (nSPS) is 30.7. The maximum atomic E-state index is 11.6. The number of carbonyl (C=O) groups is 2. The van der Waals surface area contributed by atoms with Gasteiger partial charge in [0.1, 0.15) is 5.78 Å². The lowest BCUT2D eigenvalue weighted by atomic mass is 9.84. The molecule has 1 aliphatic carbocycles. The molecule has 0 spiro atoms. The number of nitrogens with zero attached hydrogens (tertiary/aromatic N) is 1. The number of carbonyl (C=O) groups excluding carboxylic acids is 2. The standard InChI is InChI=1S/C11H15NO2S.C8H16/c1-8(13)9-5-11(14)12(6-9)7-10-3-2-4-15-10;1-7-3-5-8(2)6-4-7/h3,9H,2,4-7H2,1H3;7-8H,3-6H2,1-2H3. The van der Waals surface area contributed by atoms with E-state index in [-0.39, 0.29) is 17.6 Å². The van der Waals surface area contributed by atoms with Crippen LogP contribution in [-0.4, -0.2) is 35.4 Å². The van der Waals surface area contributed by atoms with E-state index in [9.17, 15) is 9.59 Å². The molecule has 1 atom stereocenters. The summed E-state index contributed by atoms with van der Waals surface area (Å²) in [4.78, 5) is 25.9. The van der Waals surface area contributed by atoms with Gasteiger partial charge in [0.25, 0.3) is 0 Å². The third-order valence-electron chi connectivity index (χ3n) is 5.22. The Bertz CT molecular complexity index is 442. The van der Waals surface area contributed by atoms with Gasteiger partial charge in [0.05, 0.1) is 6.54 Å². The number of rotatable bonds is 3. The molecule has 3 rings (SSSR count). The second-order valence-corrected chi connectivity index (χ2v) is 8.68. The molecule has 1 saturated carbocycles. The van der Waals surface area contributed by atoms with E-state index in [1.165, 1.54) is 30.6 Å². The lowest BCUT2D eigenvalue weighted by Gasteiger charge is -2.22. The Labute approximate surface area is 145 Å². The highest BCUT2D eigenvalue weighted by Gasteiger charge is 2.32. The molecule has 1 saturated heterocycles. The van der Waals surface area contributed by atoms with Crippen molar-refractivity contribution in [1.82, 2.24) is 4.90 Å². The number of amides is 1. The van der Waals surface area contributed by atoms with Gasteiger partial charge in [0.15, 0.2) is 0 Å². The van der Waals surface area contributed by atoms with Gasteiger partial charge in [-0.25, -0.2) is 0 Å². The summed E-state index contributed by atoms with van der Waals surface area (Å²) in [6, 6.07) is 0. The van der Waals surface area contributed by atoms with Crippen LogP contribution < -0.4 is 0 Å². The summed E-state index contributed by atoms with van der Waals surface area (Å²) in [6.07, 6.45) is 9.61. The van der Waals surface area contributed by atoms with E-state index in [1.807, 2.05) is 16.7 Å². The number of hydrogen-bond acceptors (Lipinski definition) is 3. The Morgan fingerprint density at radius 1 is 1.22 bits per heavy atom. The fourth-order valence-electron chi connectivity index (χ4n) is 3.39. The quantitative estimate of drug-likeness (QED) is 0.771. The van der Waals surface area contributed by atoms with Crippen molar-refractivity contribution in [3.05, 3.63) is 11.0 Å². The second kappa shape index (κ2) is 8.91. The first kappa shape index (κ1) is 18.6. The molecular weight excluding hydrogens is 306 g/mol. The Balaban J connectivity index is 0.000000203. The van der Waals surface area contributed by atoms with E-state index < -0.39 is 0 Å². The molecule has 2 fully saturated rings. The molecule has 0 N–H and O–H groups in total. The van der Waals surface area contributed by atoms with E-state index in [1.54, 1.807) is 6.92 Å². The summed E-state index contributed by atoms with van der Waals surface area (Å²) in [5.74, 6) is 3.37. The number of likely N-dealkylation sites (tertiary alicyclic amines) is 1. The van der Waals surface area contributed by atoms with Crippen LogP contribution in [0.15, 0.2) is 11.0 Å². The lowest BCUT2D eigenvalue weighted by Crippen LogP contribution is -2.27. The Hall–Kier alpha value is -0.770. The van der Waals surface area contributed by atoms with Crippen LogP contribution in [0.3, 0.4) is 0 Å². The van der Waals surface area contributed by atoms with Crippen LogP contribution >= 0.6 is 11.8 Å². The molecule has 3 aliphatic rings. The van der Waals surface area contributed by atoms with Crippen LogP contribution in [0.4, 0.5) is 0 Å². The van der Waals surface area contributed by atoms with Gasteiger partial charge in [-0.3, -0.25) is 9.59 Å². The predicted molar refractivity (Wildman–Crippen MR) is 97.3 cm³/mol. The Kier molecular flexibility index (Phi) is 7.19. The molecule has 0 aromatic heterocycles. The van der Waals surface area contributed by atoms with E-state index in [4.69, 9.17) is 0 Å². The van der Waals surface area contributed by atoms with Gasteiger partial charge in [0.2, 0.25) is 5.91 Å². The molecule has 0 aromatic carbocycles. The van der Waals surface area contributed by atoms with Crippen molar-refractivity contribution in [1.29, 1.82) is 0 Å². The first-order valence-electron chi connectivity index (χ1n) is 9.05. The molecule has 4 heteroatoms. The topological polar surface area (TPSA) is 37.4 Å². The maximum Gasteiger partial charge on any atom is 0.223 e. The van der Waals surface area contributed by atoms with Gasteiger partial charge in [-0.15, -0.1) is 11.8 Å². The molecule has 0 radical (unpaired) electrons.